The lowest BCUT2D eigenvalue weighted by Crippen LogP contribution is -2.10. The summed E-state index contributed by atoms with van der Waals surface area (Å²) in [6, 6.07) is 1.91. The quantitative estimate of drug-likeness (QED) is 0.582. The van der Waals surface area contributed by atoms with Crippen LogP contribution in [0, 0.1) is 5.82 Å². The number of benzene rings is 1. The Labute approximate surface area is 88.8 Å². The third-order valence-corrected chi connectivity index (χ3v) is 1.94. The molecule has 0 fully saturated rings. The Hall–Kier alpha value is -1.59. The molecular formula is C10H8F4O2. The highest BCUT2D eigenvalue weighted by molar-refractivity contribution is 5.72. The largest absolute Gasteiger partial charge is 0.469 e. The average molecular weight is 236 g/mol. The molecule has 0 aliphatic carbocycles. The molecule has 0 aliphatic heterocycles. The summed E-state index contributed by atoms with van der Waals surface area (Å²) in [5, 5.41) is 0. The third kappa shape index (κ3) is 2.95. The molecule has 0 amide bonds. The molecule has 88 valence electrons. The predicted molar refractivity (Wildman–Crippen MR) is 47.1 cm³/mol. The molecule has 2 nitrogen and oxygen atoms in total. The molecule has 0 atom stereocenters. The van der Waals surface area contributed by atoms with Crippen molar-refractivity contribution in [3.63, 3.8) is 0 Å². The minimum atomic E-state index is -4.56. The van der Waals surface area contributed by atoms with Crippen molar-refractivity contribution < 1.29 is 27.1 Å². The van der Waals surface area contributed by atoms with Gasteiger partial charge in [0.1, 0.15) is 5.82 Å². The first-order valence-corrected chi connectivity index (χ1v) is 4.27. The number of halogens is 4. The predicted octanol–water partition coefficient (Wildman–Crippen LogP) is 2.56. The van der Waals surface area contributed by atoms with Crippen LogP contribution in [0.15, 0.2) is 18.2 Å². The van der Waals surface area contributed by atoms with Crippen molar-refractivity contribution in [1.29, 1.82) is 0 Å². The Morgan fingerprint density at radius 3 is 2.50 bits per heavy atom. The first kappa shape index (κ1) is 12.5. The van der Waals surface area contributed by atoms with E-state index in [-0.39, 0.29) is 5.56 Å². The Balaban J connectivity index is 3.04. The summed E-state index contributed by atoms with van der Waals surface area (Å²) in [6.07, 6.45) is -5.08. The van der Waals surface area contributed by atoms with E-state index in [2.05, 4.69) is 4.74 Å². The van der Waals surface area contributed by atoms with Crippen LogP contribution in [0.4, 0.5) is 17.6 Å². The fourth-order valence-electron chi connectivity index (χ4n) is 1.11. The zero-order valence-electron chi connectivity index (χ0n) is 8.27. The lowest BCUT2D eigenvalue weighted by atomic mass is 10.1. The summed E-state index contributed by atoms with van der Waals surface area (Å²) in [6.45, 7) is 0. The third-order valence-electron chi connectivity index (χ3n) is 1.94. The Bertz CT molecular complexity index is 398. The fourth-order valence-corrected chi connectivity index (χ4v) is 1.11. The van der Waals surface area contributed by atoms with Gasteiger partial charge in [-0.15, -0.1) is 0 Å². The minimum Gasteiger partial charge on any atom is -0.469 e. The highest BCUT2D eigenvalue weighted by Gasteiger charge is 2.31. The van der Waals surface area contributed by atoms with Gasteiger partial charge in [0.15, 0.2) is 0 Å². The van der Waals surface area contributed by atoms with E-state index in [0.717, 1.165) is 7.11 Å². The van der Waals surface area contributed by atoms with Gasteiger partial charge in [-0.2, -0.15) is 13.2 Å². The van der Waals surface area contributed by atoms with Gasteiger partial charge < -0.3 is 4.74 Å². The van der Waals surface area contributed by atoms with Gasteiger partial charge in [0.25, 0.3) is 0 Å². The fraction of sp³-hybridized carbons (Fsp3) is 0.300. The van der Waals surface area contributed by atoms with Crippen molar-refractivity contribution in [3.05, 3.63) is 35.1 Å². The van der Waals surface area contributed by atoms with Crippen molar-refractivity contribution in [2.75, 3.05) is 7.11 Å². The van der Waals surface area contributed by atoms with Gasteiger partial charge in [-0.05, 0) is 23.8 Å². The van der Waals surface area contributed by atoms with Crippen molar-refractivity contribution in [3.8, 4) is 0 Å². The van der Waals surface area contributed by atoms with Crippen LogP contribution in [0.1, 0.15) is 11.1 Å². The van der Waals surface area contributed by atoms with E-state index in [9.17, 15) is 22.4 Å². The van der Waals surface area contributed by atoms with E-state index in [4.69, 9.17) is 0 Å². The van der Waals surface area contributed by atoms with Gasteiger partial charge >= 0.3 is 12.1 Å². The number of methoxy groups -OCH3 is 1. The van der Waals surface area contributed by atoms with Gasteiger partial charge in [0, 0.05) is 0 Å². The summed E-state index contributed by atoms with van der Waals surface area (Å²) in [5.41, 5.74) is -1.32. The van der Waals surface area contributed by atoms with Crippen molar-refractivity contribution in [2.24, 2.45) is 0 Å². The Kier molecular flexibility index (Phi) is 3.51. The van der Waals surface area contributed by atoms with Gasteiger partial charge in [-0.3, -0.25) is 4.79 Å². The maximum absolute atomic E-state index is 13.1. The zero-order valence-corrected chi connectivity index (χ0v) is 8.27. The number of esters is 1. The van der Waals surface area contributed by atoms with Crippen LogP contribution in [-0.4, -0.2) is 13.1 Å². The van der Waals surface area contributed by atoms with Crippen LogP contribution < -0.4 is 0 Å². The molecule has 1 aromatic carbocycles. The summed E-state index contributed by atoms with van der Waals surface area (Å²) < 4.78 is 54.2. The van der Waals surface area contributed by atoms with E-state index in [1.54, 1.807) is 0 Å². The molecule has 16 heavy (non-hydrogen) atoms. The van der Waals surface area contributed by atoms with Gasteiger partial charge in [-0.25, -0.2) is 4.39 Å². The van der Waals surface area contributed by atoms with Gasteiger partial charge in [0.2, 0.25) is 0 Å². The number of carbonyl (C=O) groups excluding carboxylic acids is 1. The molecule has 1 rings (SSSR count). The van der Waals surface area contributed by atoms with Crippen LogP contribution in [0.5, 0.6) is 0 Å². The second-order valence-electron chi connectivity index (χ2n) is 3.06. The normalized spacial score (nSPS) is 11.3. The molecule has 6 heteroatoms. The molecule has 0 aliphatic rings. The van der Waals surface area contributed by atoms with E-state index in [1.165, 1.54) is 0 Å². The van der Waals surface area contributed by atoms with Crippen LogP contribution in [0.25, 0.3) is 0 Å². The van der Waals surface area contributed by atoms with E-state index < -0.39 is 29.9 Å². The molecule has 0 bridgehead atoms. The molecule has 0 N–H and O–H groups in total. The second kappa shape index (κ2) is 4.51. The second-order valence-corrected chi connectivity index (χ2v) is 3.06. The summed E-state index contributed by atoms with van der Waals surface area (Å²) in [4.78, 5) is 10.8. The first-order chi connectivity index (χ1) is 7.34. The highest BCUT2D eigenvalue weighted by Crippen LogP contribution is 2.30. The number of carbonyl (C=O) groups is 1. The summed E-state index contributed by atoms with van der Waals surface area (Å²) in [5.74, 6) is -1.66. The molecule has 0 heterocycles. The lowest BCUT2D eigenvalue weighted by Gasteiger charge is -2.09. The number of rotatable bonds is 2. The number of hydrogen-bond donors (Lipinski definition) is 0. The molecular weight excluding hydrogens is 228 g/mol. The smallest absolute Gasteiger partial charge is 0.416 e. The van der Waals surface area contributed by atoms with Crippen molar-refractivity contribution in [2.45, 2.75) is 12.6 Å². The molecule has 0 spiro atoms. The number of alkyl halides is 3. The van der Waals surface area contributed by atoms with E-state index in [1.807, 2.05) is 0 Å². The maximum Gasteiger partial charge on any atom is 0.416 e. The van der Waals surface area contributed by atoms with Gasteiger partial charge in [0.05, 0.1) is 19.1 Å². The van der Waals surface area contributed by atoms with Crippen molar-refractivity contribution >= 4 is 5.97 Å². The van der Waals surface area contributed by atoms with Crippen LogP contribution in [0.2, 0.25) is 0 Å². The summed E-state index contributed by atoms with van der Waals surface area (Å²) >= 11 is 0. The van der Waals surface area contributed by atoms with Crippen LogP contribution >= 0.6 is 0 Å². The SMILES string of the molecule is COC(=O)Cc1cc(C(F)(F)F)ccc1F. The molecule has 0 radical (unpaired) electrons. The zero-order chi connectivity index (χ0) is 12.3. The Morgan fingerprint density at radius 1 is 1.38 bits per heavy atom. The standard InChI is InChI=1S/C10H8F4O2/c1-16-9(15)5-6-4-7(10(12,13)14)2-3-8(6)11/h2-4H,5H2,1H3. The number of ether oxygens (including phenoxy) is 1. The van der Waals surface area contributed by atoms with Gasteiger partial charge in [-0.1, -0.05) is 0 Å². The van der Waals surface area contributed by atoms with E-state index >= 15 is 0 Å². The van der Waals surface area contributed by atoms with E-state index in [0.29, 0.717) is 18.2 Å². The molecule has 1 aromatic rings. The van der Waals surface area contributed by atoms with Crippen LogP contribution in [-0.2, 0) is 22.1 Å². The average Bonchev–Trinajstić information content (AvgIpc) is 2.19. The lowest BCUT2D eigenvalue weighted by molar-refractivity contribution is -0.140. The maximum atomic E-state index is 13.1. The number of hydrogen-bond acceptors (Lipinski definition) is 2. The Morgan fingerprint density at radius 2 is 2.00 bits per heavy atom. The van der Waals surface area contributed by atoms with Crippen LogP contribution in [0.3, 0.4) is 0 Å². The van der Waals surface area contributed by atoms with Crippen molar-refractivity contribution in [1.82, 2.24) is 0 Å². The summed E-state index contributed by atoms with van der Waals surface area (Å²) in [7, 11) is 1.08. The monoisotopic (exact) mass is 236 g/mol. The molecule has 0 unspecified atom stereocenters. The molecule has 0 saturated carbocycles. The minimum absolute atomic E-state index is 0.332. The highest BCUT2D eigenvalue weighted by atomic mass is 19.4. The topological polar surface area (TPSA) is 26.3 Å². The first-order valence-electron chi connectivity index (χ1n) is 4.27. The molecule has 0 saturated heterocycles. The molecule has 0 aromatic heterocycles.